The summed E-state index contributed by atoms with van der Waals surface area (Å²) in [6.07, 6.45) is 13.8. The molecule has 4 aliphatic carbocycles. The van der Waals surface area contributed by atoms with Crippen molar-refractivity contribution in [3.05, 3.63) is 59.2 Å². The number of carbonyl (C=O) groups is 1. The average molecular weight is 503 g/mol. The SMILES string of the molecule is C=C(CCC(C)C1CCC2C3=C(CCC21C)C1(C)CCC(OC(=O)c2ccccc2)CC1CC3)C(C)C. The topological polar surface area (TPSA) is 26.3 Å². The lowest BCUT2D eigenvalue weighted by atomic mass is 9.50. The van der Waals surface area contributed by atoms with E-state index in [9.17, 15) is 4.79 Å². The quantitative estimate of drug-likeness (QED) is 0.274. The number of esters is 1. The monoisotopic (exact) mass is 502 g/mol. The van der Waals surface area contributed by atoms with E-state index in [0.717, 1.165) is 30.6 Å². The van der Waals surface area contributed by atoms with E-state index in [1.165, 1.54) is 63.4 Å². The largest absolute Gasteiger partial charge is 0.459 e. The van der Waals surface area contributed by atoms with Gasteiger partial charge in [-0.1, -0.05) is 76.1 Å². The van der Waals surface area contributed by atoms with E-state index in [1.807, 2.05) is 41.5 Å². The fraction of sp³-hybridized carbons (Fsp3) is 0.686. The number of benzene rings is 1. The van der Waals surface area contributed by atoms with E-state index in [-0.39, 0.29) is 12.1 Å². The minimum atomic E-state index is -0.151. The molecule has 37 heavy (non-hydrogen) atoms. The molecule has 1 aromatic rings. The van der Waals surface area contributed by atoms with E-state index < -0.39 is 0 Å². The van der Waals surface area contributed by atoms with Gasteiger partial charge in [-0.05, 0) is 123 Å². The van der Waals surface area contributed by atoms with E-state index in [0.29, 0.717) is 28.2 Å². The van der Waals surface area contributed by atoms with Crippen LogP contribution in [0.4, 0.5) is 0 Å². The van der Waals surface area contributed by atoms with Crippen molar-refractivity contribution in [3.8, 4) is 0 Å². The molecule has 0 amide bonds. The molecule has 5 rings (SSSR count). The summed E-state index contributed by atoms with van der Waals surface area (Å²) in [7, 11) is 0. The molecule has 2 saturated carbocycles. The smallest absolute Gasteiger partial charge is 0.338 e. The summed E-state index contributed by atoms with van der Waals surface area (Å²) in [6, 6.07) is 9.50. The van der Waals surface area contributed by atoms with Gasteiger partial charge in [0, 0.05) is 0 Å². The molecule has 0 radical (unpaired) electrons. The lowest BCUT2D eigenvalue weighted by molar-refractivity contribution is -0.0157. The van der Waals surface area contributed by atoms with Crippen LogP contribution in [0.1, 0.15) is 116 Å². The van der Waals surface area contributed by atoms with Crippen LogP contribution in [-0.4, -0.2) is 12.1 Å². The lowest BCUT2D eigenvalue weighted by Gasteiger charge is -2.55. The fourth-order valence-corrected chi connectivity index (χ4v) is 9.20. The van der Waals surface area contributed by atoms with Crippen LogP contribution in [0, 0.1) is 40.4 Å². The van der Waals surface area contributed by atoms with Gasteiger partial charge in [-0.25, -0.2) is 4.79 Å². The predicted molar refractivity (Wildman–Crippen MR) is 153 cm³/mol. The summed E-state index contributed by atoms with van der Waals surface area (Å²) in [5.41, 5.74) is 6.59. The van der Waals surface area contributed by atoms with Gasteiger partial charge in [-0.15, -0.1) is 0 Å². The molecule has 2 fully saturated rings. The Morgan fingerprint density at radius 2 is 1.78 bits per heavy atom. The van der Waals surface area contributed by atoms with Gasteiger partial charge in [0.25, 0.3) is 0 Å². The molecule has 202 valence electrons. The molecule has 2 nitrogen and oxygen atoms in total. The highest BCUT2D eigenvalue weighted by Crippen LogP contribution is 2.66. The van der Waals surface area contributed by atoms with Crippen molar-refractivity contribution in [2.75, 3.05) is 0 Å². The number of carbonyl (C=O) groups excluding carboxylic acids is 1. The standard InChI is InChI=1S/C35H50O2/c1-23(2)24(3)12-13-25(4)30-16-17-31-29-15-14-27-22-28(37-33(36)26-10-8-7-9-11-26)18-20-34(27,5)32(29)19-21-35(30,31)6/h7-11,23,25,27-28,30-31H,3,12-22H2,1-2,4-6H3. The van der Waals surface area contributed by atoms with Crippen LogP contribution in [0.2, 0.25) is 0 Å². The molecule has 4 aliphatic rings. The van der Waals surface area contributed by atoms with Crippen LogP contribution in [0.3, 0.4) is 0 Å². The summed E-state index contributed by atoms with van der Waals surface area (Å²) in [6.45, 7) is 16.7. The maximum Gasteiger partial charge on any atom is 0.338 e. The normalized spacial score (nSPS) is 35.9. The third-order valence-electron chi connectivity index (χ3n) is 11.7. The van der Waals surface area contributed by atoms with Crippen molar-refractivity contribution in [1.29, 1.82) is 0 Å². The van der Waals surface area contributed by atoms with E-state index in [4.69, 9.17) is 4.74 Å². The maximum absolute atomic E-state index is 12.7. The van der Waals surface area contributed by atoms with Crippen LogP contribution >= 0.6 is 0 Å². The van der Waals surface area contributed by atoms with Crippen LogP contribution in [0.25, 0.3) is 0 Å². The minimum Gasteiger partial charge on any atom is -0.459 e. The number of ether oxygens (including phenoxy) is 1. The summed E-state index contributed by atoms with van der Waals surface area (Å²) >= 11 is 0. The van der Waals surface area contributed by atoms with Gasteiger partial charge in [0.05, 0.1) is 5.56 Å². The van der Waals surface area contributed by atoms with Crippen molar-refractivity contribution in [2.45, 2.75) is 111 Å². The summed E-state index contributed by atoms with van der Waals surface area (Å²) in [5, 5.41) is 0. The number of hydrogen-bond acceptors (Lipinski definition) is 2. The average Bonchev–Trinajstić information content (AvgIpc) is 3.25. The zero-order chi connectivity index (χ0) is 26.4. The van der Waals surface area contributed by atoms with Gasteiger partial charge < -0.3 is 4.74 Å². The molecule has 2 heteroatoms. The van der Waals surface area contributed by atoms with Crippen molar-refractivity contribution < 1.29 is 9.53 Å². The van der Waals surface area contributed by atoms with Crippen molar-refractivity contribution >= 4 is 5.97 Å². The molecule has 0 N–H and O–H groups in total. The Balaban J connectivity index is 1.27. The first-order valence-electron chi connectivity index (χ1n) is 15.3. The highest BCUT2D eigenvalue weighted by Gasteiger charge is 2.56. The van der Waals surface area contributed by atoms with Crippen molar-refractivity contribution in [3.63, 3.8) is 0 Å². The van der Waals surface area contributed by atoms with Gasteiger partial charge in [-0.3, -0.25) is 0 Å². The Hall–Kier alpha value is -1.83. The number of allylic oxidation sites excluding steroid dienone is 3. The van der Waals surface area contributed by atoms with Gasteiger partial charge in [0.1, 0.15) is 6.10 Å². The van der Waals surface area contributed by atoms with Crippen LogP contribution in [0.5, 0.6) is 0 Å². The maximum atomic E-state index is 12.7. The summed E-state index contributed by atoms with van der Waals surface area (Å²) < 4.78 is 6.03. The van der Waals surface area contributed by atoms with E-state index >= 15 is 0 Å². The van der Waals surface area contributed by atoms with Crippen LogP contribution in [-0.2, 0) is 4.74 Å². The molecule has 7 atom stereocenters. The fourth-order valence-electron chi connectivity index (χ4n) is 9.20. The van der Waals surface area contributed by atoms with Gasteiger partial charge in [0.15, 0.2) is 0 Å². The third kappa shape index (κ3) is 4.87. The van der Waals surface area contributed by atoms with Crippen LogP contribution < -0.4 is 0 Å². The molecular formula is C35H50O2. The highest BCUT2D eigenvalue weighted by atomic mass is 16.5. The highest BCUT2D eigenvalue weighted by molar-refractivity contribution is 5.89. The molecule has 0 spiro atoms. The number of fused-ring (bicyclic) bond motifs is 4. The second kappa shape index (κ2) is 10.4. The molecule has 7 unspecified atom stereocenters. The molecule has 0 bridgehead atoms. The molecular weight excluding hydrogens is 452 g/mol. The first-order chi connectivity index (χ1) is 17.6. The number of hydrogen-bond donors (Lipinski definition) is 0. The molecule has 0 heterocycles. The third-order valence-corrected chi connectivity index (χ3v) is 11.7. The van der Waals surface area contributed by atoms with E-state index in [1.54, 1.807) is 0 Å². The Morgan fingerprint density at radius 3 is 2.51 bits per heavy atom. The van der Waals surface area contributed by atoms with Crippen molar-refractivity contribution in [2.24, 2.45) is 40.4 Å². The second-order valence-electron chi connectivity index (χ2n) is 13.9. The molecule has 0 aliphatic heterocycles. The zero-order valence-electron chi connectivity index (χ0n) is 24.2. The Morgan fingerprint density at radius 1 is 1.03 bits per heavy atom. The minimum absolute atomic E-state index is 0.0686. The van der Waals surface area contributed by atoms with Gasteiger partial charge in [-0.2, -0.15) is 0 Å². The molecule has 0 aromatic heterocycles. The van der Waals surface area contributed by atoms with Gasteiger partial charge >= 0.3 is 5.97 Å². The Bertz CT molecular complexity index is 1030. The molecule has 0 saturated heterocycles. The lowest BCUT2D eigenvalue weighted by Crippen LogP contribution is -2.46. The van der Waals surface area contributed by atoms with Crippen molar-refractivity contribution in [1.82, 2.24) is 0 Å². The summed E-state index contributed by atoms with van der Waals surface area (Å²) in [5.74, 6) is 3.54. The zero-order valence-corrected chi connectivity index (χ0v) is 24.2. The predicted octanol–water partition coefficient (Wildman–Crippen LogP) is 9.56. The molecule has 1 aromatic carbocycles. The summed E-state index contributed by atoms with van der Waals surface area (Å²) in [4.78, 5) is 12.7. The number of rotatable bonds is 7. The Labute approximate surface area is 226 Å². The second-order valence-corrected chi connectivity index (χ2v) is 13.9. The van der Waals surface area contributed by atoms with Crippen LogP contribution in [0.15, 0.2) is 53.6 Å². The first-order valence-corrected chi connectivity index (χ1v) is 15.3. The first kappa shape index (κ1) is 26.8. The van der Waals surface area contributed by atoms with Gasteiger partial charge in [0.2, 0.25) is 0 Å². The Kier molecular flexibility index (Phi) is 7.51. The van der Waals surface area contributed by atoms with E-state index in [2.05, 4.69) is 41.2 Å².